The number of rotatable bonds is 2. The zero-order chi connectivity index (χ0) is 11.0. The molecule has 2 aliphatic rings. The van der Waals surface area contributed by atoms with Crippen LogP contribution in [0.25, 0.3) is 0 Å². The monoisotopic (exact) mass is 216 g/mol. The normalized spacial score (nSPS) is 28.9. The van der Waals surface area contributed by atoms with Crippen molar-refractivity contribution < 1.29 is 0 Å². The van der Waals surface area contributed by atoms with E-state index in [9.17, 15) is 0 Å². The van der Waals surface area contributed by atoms with Gasteiger partial charge in [0, 0.05) is 31.2 Å². The zero-order valence-corrected chi connectivity index (χ0v) is 9.95. The number of nitrogens with zero attached hydrogens (tertiary/aromatic N) is 1. The molecular weight excluding hydrogens is 196 g/mol. The molecule has 1 heterocycles. The average molecular weight is 216 g/mol. The van der Waals surface area contributed by atoms with Crippen LogP contribution in [0.4, 0.5) is 0 Å². The van der Waals surface area contributed by atoms with Gasteiger partial charge >= 0.3 is 0 Å². The Hall–Kier alpha value is -0.860. The van der Waals surface area contributed by atoms with E-state index in [1.165, 1.54) is 24.9 Å². The predicted octanol–water partition coefficient (Wildman–Crippen LogP) is 2.19. The van der Waals surface area contributed by atoms with Crippen molar-refractivity contribution in [3.8, 4) is 0 Å². The molecule has 16 heavy (non-hydrogen) atoms. The van der Waals surface area contributed by atoms with Crippen LogP contribution in [0.2, 0.25) is 0 Å². The predicted molar refractivity (Wildman–Crippen MR) is 66.4 cm³/mol. The lowest BCUT2D eigenvalue weighted by molar-refractivity contribution is 0.100. The van der Waals surface area contributed by atoms with Crippen LogP contribution in [-0.2, 0) is 0 Å². The molecule has 0 aromatic heterocycles. The summed E-state index contributed by atoms with van der Waals surface area (Å²) in [4.78, 5) is 2.71. The van der Waals surface area contributed by atoms with Crippen molar-refractivity contribution >= 4 is 0 Å². The third kappa shape index (κ3) is 1.76. The first-order valence-electron chi connectivity index (χ1n) is 6.32. The van der Waals surface area contributed by atoms with Crippen LogP contribution in [0, 0.1) is 0 Å². The molecule has 1 unspecified atom stereocenters. The highest BCUT2D eigenvalue weighted by molar-refractivity contribution is 5.22. The smallest absolute Gasteiger partial charge is 0.0478 e. The van der Waals surface area contributed by atoms with Gasteiger partial charge in [-0.05, 0) is 25.3 Å². The van der Waals surface area contributed by atoms with Crippen LogP contribution < -0.4 is 5.32 Å². The summed E-state index contributed by atoms with van der Waals surface area (Å²) in [6.45, 7) is 5.84. The molecule has 3 rings (SSSR count). The van der Waals surface area contributed by atoms with Gasteiger partial charge in [0.05, 0.1) is 0 Å². The maximum Gasteiger partial charge on any atom is 0.0478 e. The van der Waals surface area contributed by atoms with Crippen molar-refractivity contribution in [1.29, 1.82) is 0 Å². The Morgan fingerprint density at radius 2 is 2.00 bits per heavy atom. The van der Waals surface area contributed by atoms with Gasteiger partial charge in [-0.15, -0.1) is 0 Å². The van der Waals surface area contributed by atoms with E-state index in [2.05, 4.69) is 47.5 Å². The van der Waals surface area contributed by atoms with Gasteiger partial charge in [-0.1, -0.05) is 30.3 Å². The minimum atomic E-state index is 0.489. The Kier molecular flexibility index (Phi) is 2.49. The summed E-state index contributed by atoms with van der Waals surface area (Å²) < 4.78 is 0. The maximum atomic E-state index is 3.52. The molecular formula is C14H20N2. The highest BCUT2D eigenvalue weighted by atomic mass is 15.3. The number of hydrogen-bond acceptors (Lipinski definition) is 2. The SMILES string of the molecule is CC1(N2CCNCC2c2ccccc2)CC1. The Labute approximate surface area is 97.6 Å². The van der Waals surface area contributed by atoms with E-state index in [1.54, 1.807) is 0 Å². The molecule has 2 heteroatoms. The molecule has 1 aliphatic heterocycles. The van der Waals surface area contributed by atoms with Crippen LogP contribution >= 0.6 is 0 Å². The van der Waals surface area contributed by atoms with Crippen LogP contribution in [0.15, 0.2) is 30.3 Å². The van der Waals surface area contributed by atoms with E-state index in [0.717, 1.165) is 13.1 Å². The van der Waals surface area contributed by atoms with E-state index in [-0.39, 0.29) is 0 Å². The molecule has 1 aromatic rings. The highest BCUT2D eigenvalue weighted by Gasteiger charge is 2.46. The summed E-state index contributed by atoms with van der Waals surface area (Å²) in [7, 11) is 0. The Morgan fingerprint density at radius 1 is 1.25 bits per heavy atom. The molecule has 0 bridgehead atoms. The van der Waals surface area contributed by atoms with E-state index in [1.807, 2.05) is 0 Å². The summed E-state index contributed by atoms with van der Waals surface area (Å²) >= 11 is 0. The summed E-state index contributed by atoms with van der Waals surface area (Å²) in [6, 6.07) is 11.5. The number of hydrogen-bond donors (Lipinski definition) is 1. The second-order valence-corrected chi connectivity index (χ2v) is 5.32. The first-order valence-corrected chi connectivity index (χ1v) is 6.32. The number of nitrogens with one attached hydrogen (secondary N) is 1. The topological polar surface area (TPSA) is 15.3 Å². The van der Waals surface area contributed by atoms with E-state index < -0.39 is 0 Å². The van der Waals surface area contributed by atoms with Crippen molar-refractivity contribution in [3.05, 3.63) is 35.9 Å². The molecule has 1 aromatic carbocycles. The average Bonchev–Trinajstić information content (AvgIpc) is 3.10. The van der Waals surface area contributed by atoms with Gasteiger partial charge in [-0.2, -0.15) is 0 Å². The lowest BCUT2D eigenvalue weighted by atomic mass is 10.0. The Balaban J connectivity index is 1.86. The lowest BCUT2D eigenvalue weighted by Crippen LogP contribution is -2.50. The summed E-state index contributed by atoms with van der Waals surface area (Å²) in [6.07, 6.45) is 2.74. The van der Waals surface area contributed by atoms with Gasteiger partial charge in [0.15, 0.2) is 0 Å². The van der Waals surface area contributed by atoms with Crippen LogP contribution in [0.5, 0.6) is 0 Å². The summed E-state index contributed by atoms with van der Waals surface area (Å²) in [5.41, 5.74) is 1.95. The molecule has 1 atom stereocenters. The number of piperazine rings is 1. The largest absolute Gasteiger partial charge is 0.314 e. The second-order valence-electron chi connectivity index (χ2n) is 5.32. The molecule has 1 N–H and O–H groups in total. The van der Waals surface area contributed by atoms with Gasteiger partial charge in [0.25, 0.3) is 0 Å². The molecule has 0 radical (unpaired) electrons. The third-order valence-electron chi connectivity index (χ3n) is 4.09. The van der Waals surface area contributed by atoms with Gasteiger partial charge in [0.2, 0.25) is 0 Å². The van der Waals surface area contributed by atoms with Crippen LogP contribution in [0.1, 0.15) is 31.4 Å². The Morgan fingerprint density at radius 3 is 2.69 bits per heavy atom. The maximum absolute atomic E-state index is 3.52. The molecule has 2 nitrogen and oxygen atoms in total. The molecule has 1 aliphatic carbocycles. The summed E-state index contributed by atoms with van der Waals surface area (Å²) in [5, 5.41) is 3.52. The highest BCUT2D eigenvalue weighted by Crippen LogP contribution is 2.45. The van der Waals surface area contributed by atoms with Gasteiger partial charge in [-0.25, -0.2) is 0 Å². The summed E-state index contributed by atoms with van der Waals surface area (Å²) in [5.74, 6) is 0. The number of benzene rings is 1. The van der Waals surface area contributed by atoms with E-state index in [4.69, 9.17) is 0 Å². The van der Waals surface area contributed by atoms with Crippen LogP contribution in [0.3, 0.4) is 0 Å². The molecule has 1 saturated carbocycles. The first kappa shape index (κ1) is 10.3. The third-order valence-corrected chi connectivity index (χ3v) is 4.09. The molecule has 86 valence electrons. The lowest BCUT2D eigenvalue weighted by Gasteiger charge is -2.41. The van der Waals surface area contributed by atoms with Crippen molar-refractivity contribution in [2.45, 2.75) is 31.3 Å². The second kappa shape index (κ2) is 3.86. The van der Waals surface area contributed by atoms with Crippen molar-refractivity contribution in [2.24, 2.45) is 0 Å². The van der Waals surface area contributed by atoms with Gasteiger partial charge in [0.1, 0.15) is 0 Å². The minimum absolute atomic E-state index is 0.489. The fourth-order valence-corrected chi connectivity index (χ4v) is 2.79. The van der Waals surface area contributed by atoms with Gasteiger partial charge in [-0.3, -0.25) is 4.90 Å². The zero-order valence-electron chi connectivity index (χ0n) is 9.95. The van der Waals surface area contributed by atoms with E-state index in [0.29, 0.717) is 11.6 Å². The standard InChI is InChI=1S/C14H20N2/c1-14(7-8-14)16-10-9-15-11-13(16)12-5-3-2-4-6-12/h2-6,13,15H,7-11H2,1H3. The fourth-order valence-electron chi connectivity index (χ4n) is 2.79. The van der Waals surface area contributed by atoms with E-state index >= 15 is 0 Å². The Bertz CT molecular complexity index is 356. The van der Waals surface area contributed by atoms with Crippen molar-refractivity contribution in [3.63, 3.8) is 0 Å². The molecule has 0 spiro atoms. The fraction of sp³-hybridized carbons (Fsp3) is 0.571. The quantitative estimate of drug-likeness (QED) is 0.815. The molecule has 1 saturated heterocycles. The molecule has 2 fully saturated rings. The van der Waals surface area contributed by atoms with Gasteiger partial charge < -0.3 is 5.32 Å². The molecule has 0 amide bonds. The van der Waals surface area contributed by atoms with Crippen molar-refractivity contribution in [2.75, 3.05) is 19.6 Å². The van der Waals surface area contributed by atoms with Crippen LogP contribution in [-0.4, -0.2) is 30.1 Å². The first-order chi connectivity index (χ1) is 7.80. The minimum Gasteiger partial charge on any atom is -0.314 e. The van der Waals surface area contributed by atoms with Crippen molar-refractivity contribution in [1.82, 2.24) is 10.2 Å².